The molecule has 2 rings (SSSR count). The molecule has 27 heavy (non-hydrogen) atoms. The lowest BCUT2D eigenvalue weighted by atomic mass is 9.91. The highest BCUT2D eigenvalue weighted by atomic mass is 19.1. The maximum Gasteiger partial charge on any atom is 0.253 e. The Bertz CT molecular complexity index is 568. The number of unbranched alkanes of at least 4 members (excludes halogenated alkanes) is 1. The molecule has 5 heteroatoms. The van der Waals surface area contributed by atoms with Gasteiger partial charge in [0.1, 0.15) is 5.82 Å². The van der Waals surface area contributed by atoms with Crippen molar-refractivity contribution in [2.45, 2.75) is 57.1 Å². The summed E-state index contributed by atoms with van der Waals surface area (Å²) in [5, 5.41) is 3.39. The third-order valence-corrected chi connectivity index (χ3v) is 5.23. The number of nitrogens with one attached hydrogen (secondary N) is 1. The van der Waals surface area contributed by atoms with Crippen molar-refractivity contribution >= 4 is 5.91 Å². The van der Waals surface area contributed by atoms with E-state index in [2.05, 4.69) is 11.9 Å². The van der Waals surface area contributed by atoms with Crippen LogP contribution in [0, 0.1) is 5.82 Å². The molecule has 0 heterocycles. The second-order valence-electron chi connectivity index (χ2n) is 7.26. The predicted molar refractivity (Wildman–Crippen MR) is 107 cm³/mol. The third kappa shape index (κ3) is 7.43. The summed E-state index contributed by atoms with van der Waals surface area (Å²) in [4.78, 5) is 14.3. The van der Waals surface area contributed by atoms with E-state index in [0.29, 0.717) is 11.7 Å². The number of hydrogen-bond acceptors (Lipinski definition) is 3. The van der Waals surface area contributed by atoms with E-state index >= 15 is 0 Å². The van der Waals surface area contributed by atoms with Crippen LogP contribution < -0.4 is 5.32 Å². The summed E-state index contributed by atoms with van der Waals surface area (Å²) in [7, 11) is 1.84. The van der Waals surface area contributed by atoms with Gasteiger partial charge in [-0.3, -0.25) is 4.79 Å². The van der Waals surface area contributed by atoms with Crippen LogP contribution in [0.1, 0.15) is 55.3 Å². The van der Waals surface area contributed by atoms with Crippen LogP contribution in [0.4, 0.5) is 4.39 Å². The summed E-state index contributed by atoms with van der Waals surface area (Å²) in [5.74, 6) is -0.359. The minimum absolute atomic E-state index is 0.0386. The van der Waals surface area contributed by atoms with Crippen LogP contribution in [0.3, 0.4) is 0 Å². The van der Waals surface area contributed by atoms with Gasteiger partial charge in [-0.05, 0) is 82.3 Å². The quantitative estimate of drug-likeness (QED) is 0.465. The first-order chi connectivity index (χ1) is 13.1. The highest BCUT2D eigenvalue weighted by Gasteiger charge is 2.27. The van der Waals surface area contributed by atoms with E-state index in [1.807, 2.05) is 13.1 Å². The van der Waals surface area contributed by atoms with Crippen LogP contribution in [0.15, 0.2) is 36.9 Å². The Morgan fingerprint density at radius 2 is 1.93 bits per heavy atom. The van der Waals surface area contributed by atoms with Crippen LogP contribution >= 0.6 is 0 Å². The number of carbonyl (C=O) groups excluding carboxylic acids is 1. The van der Waals surface area contributed by atoms with E-state index in [-0.39, 0.29) is 17.8 Å². The van der Waals surface area contributed by atoms with Gasteiger partial charge in [0.15, 0.2) is 0 Å². The standard InChI is InChI=1S/C22H33FN2O2/c1-3-4-15-24-16-5-6-17-27-21-13-11-20(12-14-21)25(2)22(26)18-7-9-19(23)10-8-18/h3,7-10,20-21,24H,1,4-6,11-17H2,2H3. The molecule has 0 atom stereocenters. The largest absolute Gasteiger partial charge is 0.378 e. The highest BCUT2D eigenvalue weighted by molar-refractivity contribution is 5.94. The van der Waals surface area contributed by atoms with Crippen LogP contribution in [-0.4, -0.2) is 49.7 Å². The Labute approximate surface area is 162 Å². The smallest absolute Gasteiger partial charge is 0.253 e. The number of ether oxygens (including phenoxy) is 1. The molecule has 1 aromatic rings. The van der Waals surface area contributed by atoms with E-state index < -0.39 is 0 Å². The molecule has 1 aliphatic carbocycles. The SMILES string of the molecule is C=CCCNCCCCOC1CCC(N(C)C(=O)c2ccc(F)cc2)CC1. The van der Waals surface area contributed by atoms with E-state index in [1.165, 1.54) is 12.1 Å². The number of carbonyl (C=O) groups is 1. The maximum atomic E-state index is 13.0. The molecule has 0 unspecified atom stereocenters. The van der Waals surface area contributed by atoms with Crippen molar-refractivity contribution in [2.24, 2.45) is 0 Å². The molecular weight excluding hydrogens is 343 g/mol. The van der Waals surface area contributed by atoms with E-state index in [9.17, 15) is 9.18 Å². The lowest BCUT2D eigenvalue weighted by molar-refractivity contribution is 0.00929. The molecule has 0 saturated heterocycles. The molecule has 4 nitrogen and oxygen atoms in total. The first-order valence-corrected chi connectivity index (χ1v) is 10.1. The summed E-state index contributed by atoms with van der Waals surface area (Å²) >= 11 is 0. The van der Waals surface area contributed by atoms with Gasteiger partial charge in [0, 0.05) is 25.3 Å². The summed E-state index contributed by atoms with van der Waals surface area (Å²) in [5.41, 5.74) is 0.541. The first kappa shape index (κ1) is 21.6. The molecule has 0 radical (unpaired) electrons. The fraction of sp³-hybridized carbons (Fsp3) is 0.591. The molecule has 1 fully saturated rings. The minimum Gasteiger partial charge on any atom is -0.378 e. The van der Waals surface area contributed by atoms with E-state index in [1.54, 1.807) is 17.0 Å². The third-order valence-electron chi connectivity index (χ3n) is 5.23. The second-order valence-corrected chi connectivity index (χ2v) is 7.26. The Hall–Kier alpha value is -1.72. The van der Waals surface area contributed by atoms with Crippen LogP contribution in [0.2, 0.25) is 0 Å². The number of rotatable bonds is 11. The zero-order chi connectivity index (χ0) is 19.5. The van der Waals surface area contributed by atoms with Crippen molar-refractivity contribution in [1.82, 2.24) is 10.2 Å². The lowest BCUT2D eigenvalue weighted by Gasteiger charge is -2.34. The summed E-state index contributed by atoms with van der Waals surface area (Å²) in [6.45, 7) is 6.54. The van der Waals surface area contributed by atoms with Gasteiger partial charge in [0.05, 0.1) is 6.10 Å². The van der Waals surface area contributed by atoms with Gasteiger partial charge in [-0.15, -0.1) is 6.58 Å². The molecule has 150 valence electrons. The Morgan fingerprint density at radius 3 is 2.59 bits per heavy atom. The molecular formula is C22H33FN2O2. The van der Waals surface area contributed by atoms with Gasteiger partial charge in [-0.2, -0.15) is 0 Å². The van der Waals surface area contributed by atoms with Crippen LogP contribution in [0.25, 0.3) is 0 Å². The number of amides is 1. The van der Waals surface area contributed by atoms with Crippen molar-refractivity contribution in [3.05, 3.63) is 48.3 Å². The molecule has 1 N–H and O–H groups in total. The molecule has 0 spiro atoms. The molecule has 1 aromatic carbocycles. The van der Waals surface area contributed by atoms with Gasteiger partial charge < -0.3 is 15.0 Å². The van der Waals surface area contributed by atoms with Crippen LogP contribution in [-0.2, 0) is 4.74 Å². The van der Waals surface area contributed by atoms with E-state index in [4.69, 9.17) is 4.74 Å². The number of benzene rings is 1. The Balaban J connectivity index is 1.61. The molecule has 0 aromatic heterocycles. The van der Waals surface area contributed by atoms with Crippen molar-refractivity contribution in [2.75, 3.05) is 26.7 Å². The van der Waals surface area contributed by atoms with Crippen molar-refractivity contribution in [3.8, 4) is 0 Å². The zero-order valence-corrected chi connectivity index (χ0v) is 16.5. The number of hydrogen-bond donors (Lipinski definition) is 1. The van der Waals surface area contributed by atoms with Gasteiger partial charge in [0.2, 0.25) is 0 Å². The molecule has 0 aliphatic heterocycles. The fourth-order valence-electron chi connectivity index (χ4n) is 3.49. The topological polar surface area (TPSA) is 41.6 Å². The van der Waals surface area contributed by atoms with Crippen molar-refractivity contribution in [3.63, 3.8) is 0 Å². The van der Waals surface area contributed by atoms with Gasteiger partial charge in [-0.25, -0.2) is 4.39 Å². The van der Waals surface area contributed by atoms with Gasteiger partial charge in [-0.1, -0.05) is 6.08 Å². The summed E-state index contributed by atoms with van der Waals surface area (Å²) in [6, 6.07) is 6.00. The normalized spacial score (nSPS) is 19.6. The zero-order valence-electron chi connectivity index (χ0n) is 16.5. The van der Waals surface area contributed by atoms with Gasteiger partial charge >= 0.3 is 0 Å². The van der Waals surface area contributed by atoms with Crippen molar-refractivity contribution in [1.29, 1.82) is 0 Å². The lowest BCUT2D eigenvalue weighted by Crippen LogP contribution is -2.40. The molecule has 0 bridgehead atoms. The Morgan fingerprint density at radius 1 is 1.22 bits per heavy atom. The van der Waals surface area contributed by atoms with Crippen molar-refractivity contribution < 1.29 is 13.9 Å². The second kappa shape index (κ2) is 11.9. The monoisotopic (exact) mass is 376 g/mol. The molecule has 1 aliphatic rings. The maximum absolute atomic E-state index is 13.0. The number of nitrogens with zero attached hydrogens (tertiary/aromatic N) is 1. The first-order valence-electron chi connectivity index (χ1n) is 10.1. The average molecular weight is 377 g/mol. The van der Waals surface area contributed by atoms with Gasteiger partial charge in [0.25, 0.3) is 5.91 Å². The fourth-order valence-corrected chi connectivity index (χ4v) is 3.49. The van der Waals surface area contributed by atoms with Crippen LogP contribution in [0.5, 0.6) is 0 Å². The number of halogens is 1. The minimum atomic E-state index is -0.320. The molecule has 1 saturated carbocycles. The summed E-state index contributed by atoms with van der Waals surface area (Å²) in [6.07, 6.45) is 9.34. The van der Waals surface area contributed by atoms with E-state index in [0.717, 1.165) is 64.6 Å². The highest BCUT2D eigenvalue weighted by Crippen LogP contribution is 2.25. The predicted octanol–water partition coefficient (Wildman–Crippen LogP) is 4.17. The molecule has 1 amide bonds. The Kier molecular flexibility index (Phi) is 9.50. The summed E-state index contributed by atoms with van der Waals surface area (Å²) < 4.78 is 19.0. The average Bonchev–Trinajstić information content (AvgIpc) is 2.70.